The van der Waals surface area contributed by atoms with Crippen LogP contribution in [0.15, 0.2) is 0 Å². The highest BCUT2D eigenvalue weighted by Crippen LogP contribution is 1.83. The van der Waals surface area contributed by atoms with Crippen LogP contribution in [0.25, 0.3) is 0 Å². The normalized spacial score (nSPS) is 8.17. The predicted octanol–water partition coefficient (Wildman–Crippen LogP) is 0.860. The average molecular weight is 103 g/mol. The standard InChI is InChI=1S/C4H8OS/c1-2-3-4(5)6/h2-3H2,1H3,(H,5,6)/p-1. The molecule has 0 aromatic heterocycles. The van der Waals surface area contributed by atoms with Crippen molar-refractivity contribution in [1.82, 2.24) is 0 Å². The van der Waals surface area contributed by atoms with Crippen molar-refractivity contribution in [3.63, 3.8) is 0 Å². The van der Waals surface area contributed by atoms with E-state index in [1.54, 1.807) is 0 Å². The van der Waals surface area contributed by atoms with Gasteiger partial charge in [0, 0.05) is 5.12 Å². The first-order valence-corrected chi connectivity index (χ1v) is 2.38. The molecule has 0 heterocycles. The fourth-order valence-corrected chi connectivity index (χ4v) is 0.408. The molecule has 0 aliphatic carbocycles. The van der Waals surface area contributed by atoms with Gasteiger partial charge in [0.05, 0.1) is 0 Å². The quantitative estimate of drug-likeness (QED) is 0.482. The third-order valence-corrected chi connectivity index (χ3v) is 0.658. The lowest BCUT2D eigenvalue weighted by Gasteiger charge is -1.95. The summed E-state index contributed by atoms with van der Waals surface area (Å²) in [4.78, 5) is 9.86. The van der Waals surface area contributed by atoms with Gasteiger partial charge in [0.1, 0.15) is 0 Å². The Hall–Kier alpha value is -0.110. The fourth-order valence-electron chi connectivity index (χ4n) is 0.204. The van der Waals surface area contributed by atoms with E-state index in [1.807, 2.05) is 6.92 Å². The van der Waals surface area contributed by atoms with Crippen molar-refractivity contribution in [2.45, 2.75) is 19.8 Å². The van der Waals surface area contributed by atoms with Crippen LogP contribution in [0.5, 0.6) is 0 Å². The van der Waals surface area contributed by atoms with Crippen LogP contribution >= 0.6 is 0 Å². The van der Waals surface area contributed by atoms with E-state index in [1.165, 1.54) is 0 Å². The summed E-state index contributed by atoms with van der Waals surface area (Å²) in [5.74, 6) is 0. The van der Waals surface area contributed by atoms with Crippen LogP contribution in [0.4, 0.5) is 0 Å². The van der Waals surface area contributed by atoms with Crippen LogP contribution in [0.3, 0.4) is 0 Å². The summed E-state index contributed by atoms with van der Waals surface area (Å²) >= 11 is 4.24. The molecule has 0 bridgehead atoms. The van der Waals surface area contributed by atoms with Gasteiger partial charge in [0.25, 0.3) is 0 Å². The van der Waals surface area contributed by atoms with E-state index in [2.05, 4.69) is 12.6 Å². The maximum atomic E-state index is 9.86. The van der Waals surface area contributed by atoms with Gasteiger partial charge >= 0.3 is 0 Å². The second kappa shape index (κ2) is 3.09. The summed E-state index contributed by atoms with van der Waals surface area (Å²) in [6, 6.07) is 0. The summed E-state index contributed by atoms with van der Waals surface area (Å²) in [5, 5.41) is -0.127. The third kappa shape index (κ3) is 3.89. The highest BCUT2D eigenvalue weighted by Gasteiger charge is 1.73. The van der Waals surface area contributed by atoms with Gasteiger partial charge < -0.3 is 17.4 Å². The summed E-state index contributed by atoms with van der Waals surface area (Å²) in [6.45, 7) is 1.93. The molecule has 2 heteroatoms. The average Bonchev–Trinajstić information content (AvgIpc) is 1.35. The number of carbonyl (C=O) groups is 1. The van der Waals surface area contributed by atoms with Crippen molar-refractivity contribution in [3.8, 4) is 0 Å². The molecule has 0 fully saturated rings. The first-order valence-electron chi connectivity index (χ1n) is 1.97. The van der Waals surface area contributed by atoms with Crippen LogP contribution in [-0.2, 0) is 17.4 Å². The first kappa shape index (κ1) is 5.89. The van der Waals surface area contributed by atoms with Crippen LogP contribution in [0.1, 0.15) is 19.8 Å². The van der Waals surface area contributed by atoms with Gasteiger partial charge in [-0.1, -0.05) is 13.3 Å². The van der Waals surface area contributed by atoms with Crippen molar-refractivity contribution >= 4 is 17.7 Å². The minimum atomic E-state index is -0.127. The number of hydrogen-bond donors (Lipinski definition) is 0. The van der Waals surface area contributed by atoms with Crippen LogP contribution < -0.4 is 0 Å². The van der Waals surface area contributed by atoms with E-state index in [-0.39, 0.29) is 5.12 Å². The smallest absolute Gasteiger partial charge is 0.0119 e. The molecule has 0 aliphatic heterocycles. The van der Waals surface area contributed by atoms with Gasteiger partial charge in [0.15, 0.2) is 0 Å². The molecule has 0 aromatic carbocycles. The van der Waals surface area contributed by atoms with Crippen LogP contribution in [0.2, 0.25) is 0 Å². The Balaban J connectivity index is 2.83. The maximum Gasteiger partial charge on any atom is 0.0119 e. The fraction of sp³-hybridized carbons (Fsp3) is 0.750. The van der Waals surface area contributed by atoms with Gasteiger partial charge in [-0.25, -0.2) is 0 Å². The van der Waals surface area contributed by atoms with E-state index < -0.39 is 0 Å². The van der Waals surface area contributed by atoms with E-state index in [9.17, 15) is 4.79 Å². The monoisotopic (exact) mass is 103 g/mol. The highest BCUT2D eigenvalue weighted by molar-refractivity contribution is 7.77. The largest absolute Gasteiger partial charge is 0.742 e. The van der Waals surface area contributed by atoms with Crippen LogP contribution in [-0.4, -0.2) is 5.12 Å². The molecule has 0 amide bonds. The number of rotatable bonds is 2. The van der Waals surface area contributed by atoms with Crippen molar-refractivity contribution in [1.29, 1.82) is 0 Å². The van der Waals surface area contributed by atoms with Crippen LogP contribution in [0, 0.1) is 0 Å². The lowest BCUT2D eigenvalue weighted by Crippen LogP contribution is -1.86. The Labute approximate surface area is 43.2 Å². The molecule has 0 N–H and O–H groups in total. The Morgan fingerprint density at radius 1 is 1.83 bits per heavy atom. The first-order chi connectivity index (χ1) is 2.77. The molecule has 0 saturated heterocycles. The second-order valence-corrected chi connectivity index (χ2v) is 1.58. The maximum absolute atomic E-state index is 9.86. The molecular weight excluding hydrogens is 96.1 g/mol. The zero-order chi connectivity index (χ0) is 4.99. The van der Waals surface area contributed by atoms with Gasteiger partial charge in [-0.15, -0.1) is 0 Å². The number of carbonyl (C=O) groups excluding carboxylic acids is 1. The molecule has 0 saturated carbocycles. The molecule has 0 atom stereocenters. The molecule has 0 aliphatic rings. The summed E-state index contributed by atoms with van der Waals surface area (Å²) in [5.41, 5.74) is 0. The van der Waals surface area contributed by atoms with Crippen molar-refractivity contribution < 1.29 is 4.79 Å². The molecular formula is C4H7OS-. The Morgan fingerprint density at radius 3 is 2.33 bits per heavy atom. The van der Waals surface area contributed by atoms with E-state index in [4.69, 9.17) is 0 Å². The van der Waals surface area contributed by atoms with Gasteiger partial charge in [-0.2, -0.15) is 0 Å². The minimum Gasteiger partial charge on any atom is -0.742 e. The van der Waals surface area contributed by atoms with E-state index in [0.717, 1.165) is 6.42 Å². The Kier molecular flexibility index (Phi) is 3.04. The summed E-state index contributed by atoms with van der Waals surface area (Å²) < 4.78 is 0. The van der Waals surface area contributed by atoms with Crippen molar-refractivity contribution in [3.05, 3.63) is 0 Å². The number of hydrogen-bond acceptors (Lipinski definition) is 2. The summed E-state index contributed by atoms with van der Waals surface area (Å²) in [6.07, 6.45) is 1.43. The topological polar surface area (TPSA) is 17.1 Å². The molecule has 0 aromatic rings. The molecule has 0 radical (unpaired) electrons. The second-order valence-electron chi connectivity index (χ2n) is 1.12. The molecule has 0 unspecified atom stereocenters. The van der Waals surface area contributed by atoms with Gasteiger partial charge in [-0.3, -0.25) is 0 Å². The molecule has 36 valence electrons. The lowest BCUT2D eigenvalue weighted by molar-refractivity contribution is -0.110. The van der Waals surface area contributed by atoms with E-state index in [0.29, 0.717) is 6.42 Å². The van der Waals surface area contributed by atoms with Crippen molar-refractivity contribution in [2.75, 3.05) is 0 Å². The molecule has 1 nitrogen and oxygen atoms in total. The Morgan fingerprint density at radius 2 is 2.33 bits per heavy atom. The van der Waals surface area contributed by atoms with E-state index >= 15 is 0 Å². The SMILES string of the molecule is CCCC(=O)[S-]. The lowest BCUT2D eigenvalue weighted by atomic mass is 10.4. The highest BCUT2D eigenvalue weighted by atomic mass is 32.1. The third-order valence-electron chi connectivity index (χ3n) is 0.454. The Bertz CT molecular complexity index is 51.5. The van der Waals surface area contributed by atoms with Crippen molar-refractivity contribution in [2.24, 2.45) is 0 Å². The summed E-state index contributed by atoms with van der Waals surface area (Å²) in [7, 11) is 0. The molecule has 6 heavy (non-hydrogen) atoms. The van der Waals surface area contributed by atoms with Gasteiger partial charge in [0.2, 0.25) is 0 Å². The zero-order valence-electron chi connectivity index (χ0n) is 3.73. The predicted molar refractivity (Wildman–Crippen MR) is 27.3 cm³/mol. The molecule has 0 spiro atoms. The molecule has 0 rings (SSSR count). The zero-order valence-corrected chi connectivity index (χ0v) is 4.55. The minimum absolute atomic E-state index is 0.127. The van der Waals surface area contributed by atoms with Gasteiger partial charge in [-0.05, 0) is 6.42 Å².